The summed E-state index contributed by atoms with van der Waals surface area (Å²) in [5.41, 5.74) is 1.41. The van der Waals surface area contributed by atoms with E-state index in [0.717, 1.165) is 6.42 Å². The normalized spacial score (nSPS) is 13.3. The van der Waals surface area contributed by atoms with E-state index in [2.05, 4.69) is 41.5 Å². The summed E-state index contributed by atoms with van der Waals surface area (Å²) in [4.78, 5) is 17.2. The highest BCUT2D eigenvalue weighted by molar-refractivity contribution is 5.85. The van der Waals surface area contributed by atoms with Crippen LogP contribution in [0.25, 0.3) is 0 Å². The zero-order valence-corrected chi connectivity index (χ0v) is 17.2. The Hall–Kier alpha value is -3.14. The van der Waals surface area contributed by atoms with Gasteiger partial charge in [0.05, 0.1) is 0 Å². The molecule has 0 aliphatic heterocycles. The molecule has 0 aliphatic carbocycles. The number of nitrogens with zero attached hydrogens (tertiary/aromatic N) is 1. The van der Waals surface area contributed by atoms with Crippen LogP contribution >= 0.6 is 0 Å². The number of carbonyl (C=O) groups excluding carboxylic acids is 1. The van der Waals surface area contributed by atoms with Crippen molar-refractivity contribution in [3.63, 3.8) is 0 Å². The van der Waals surface area contributed by atoms with Crippen LogP contribution in [0.15, 0.2) is 85.1 Å². The molecule has 4 heteroatoms. The molecule has 2 aromatic carbocycles. The Labute approximate surface area is 173 Å². The van der Waals surface area contributed by atoms with E-state index >= 15 is 0 Å². The highest BCUT2D eigenvalue weighted by atomic mass is 16.5. The van der Waals surface area contributed by atoms with Gasteiger partial charge in [0.1, 0.15) is 0 Å². The van der Waals surface area contributed by atoms with E-state index in [1.54, 1.807) is 26.1 Å². The molecular weight excluding hydrogens is 360 g/mol. The zero-order chi connectivity index (χ0) is 20.7. The first-order valence-electron chi connectivity index (χ1n) is 9.95. The van der Waals surface area contributed by atoms with Gasteiger partial charge >= 0.3 is 0 Å². The first-order valence-corrected chi connectivity index (χ1v) is 9.95. The number of amides is 1. The quantitative estimate of drug-likeness (QED) is 0.605. The molecular formula is C25H28N2O2. The lowest BCUT2D eigenvalue weighted by molar-refractivity contribution is -0.135. The molecule has 1 aromatic heterocycles. The molecule has 0 fully saturated rings. The van der Waals surface area contributed by atoms with Gasteiger partial charge in [0.15, 0.2) is 5.60 Å². The van der Waals surface area contributed by atoms with Crippen molar-refractivity contribution >= 4 is 5.91 Å². The van der Waals surface area contributed by atoms with Crippen LogP contribution in [-0.2, 0) is 11.2 Å². The number of nitrogens with one attached hydrogen (secondary N) is 1. The number of benzene rings is 2. The number of carbonyl (C=O) groups is 1. The summed E-state index contributed by atoms with van der Waals surface area (Å²) in [7, 11) is 0. The number of aromatic nitrogens is 1. The zero-order valence-electron chi connectivity index (χ0n) is 17.2. The summed E-state index contributed by atoms with van der Waals surface area (Å²) < 4.78 is 5.85. The number of ether oxygens (including phenoxy) is 1. The average Bonchev–Trinajstić information content (AvgIpc) is 2.73. The molecule has 1 amide bonds. The Balaban J connectivity index is 1.75. The summed E-state index contributed by atoms with van der Waals surface area (Å²) in [6.07, 6.45) is 2.49. The van der Waals surface area contributed by atoms with Crippen LogP contribution in [-0.4, -0.2) is 22.5 Å². The topological polar surface area (TPSA) is 51.2 Å². The molecule has 1 heterocycles. The smallest absolute Gasteiger partial charge is 0.263 e. The van der Waals surface area contributed by atoms with Crippen molar-refractivity contribution in [2.75, 3.05) is 0 Å². The van der Waals surface area contributed by atoms with E-state index in [9.17, 15) is 4.79 Å². The molecule has 3 aromatic rings. The maximum absolute atomic E-state index is 13.0. The Kier molecular flexibility index (Phi) is 6.65. The monoisotopic (exact) mass is 388 g/mol. The third-order valence-corrected chi connectivity index (χ3v) is 5.03. The van der Waals surface area contributed by atoms with Gasteiger partial charge in [-0.05, 0) is 44.4 Å². The lowest BCUT2D eigenvalue weighted by Crippen LogP contribution is -2.51. The maximum Gasteiger partial charge on any atom is 0.263 e. The number of hydrogen-bond donors (Lipinski definition) is 1. The average molecular weight is 389 g/mol. The molecule has 3 rings (SSSR count). The molecule has 4 nitrogen and oxygen atoms in total. The van der Waals surface area contributed by atoms with Gasteiger partial charge in [-0.15, -0.1) is 0 Å². The molecule has 150 valence electrons. The number of rotatable bonds is 8. The van der Waals surface area contributed by atoms with Crippen molar-refractivity contribution < 1.29 is 9.53 Å². The van der Waals surface area contributed by atoms with Crippen LogP contribution in [0.3, 0.4) is 0 Å². The first-order chi connectivity index (χ1) is 14.0. The van der Waals surface area contributed by atoms with Gasteiger partial charge in [0.25, 0.3) is 5.91 Å². The molecule has 2 atom stereocenters. The predicted molar refractivity (Wildman–Crippen MR) is 116 cm³/mol. The minimum atomic E-state index is -1.03. The Bertz CT molecular complexity index is 896. The summed E-state index contributed by atoms with van der Waals surface area (Å²) in [6, 6.07) is 26.0. The fraction of sp³-hybridized carbons (Fsp3) is 0.280. The number of pyridine rings is 1. The molecule has 0 saturated carbocycles. The minimum absolute atomic E-state index is 0.0725. The third kappa shape index (κ3) is 5.67. The molecule has 0 radical (unpaired) electrons. The Morgan fingerprint density at radius 1 is 0.966 bits per heavy atom. The molecule has 0 spiro atoms. The molecule has 1 N–H and O–H groups in total. The molecule has 0 saturated heterocycles. The highest BCUT2D eigenvalue weighted by Gasteiger charge is 2.33. The van der Waals surface area contributed by atoms with Crippen LogP contribution in [0.1, 0.15) is 37.8 Å². The molecule has 0 aliphatic rings. The van der Waals surface area contributed by atoms with Crippen LogP contribution in [0.4, 0.5) is 0 Å². The van der Waals surface area contributed by atoms with Crippen LogP contribution in [0.2, 0.25) is 0 Å². The van der Waals surface area contributed by atoms with E-state index in [0.29, 0.717) is 5.88 Å². The van der Waals surface area contributed by atoms with Gasteiger partial charge in [-0.2, -0.15) is 0 Å². The van der Waals surface area contributed by atoms with Gasteiger partial charge < -0.3 is 10.1 Å². The van der Waals surface area contributed by atoms with Crippen LogP contribution in [0.5, 0.6) is 5.88 Å². The number of hydrogen-bond acceptors (Lipinski definition) is 3. The largest absolute Gasteiger partial charge is 0.462 e. The summed E-state index contributed by atoms with van der Waals surface area (Å²) in [5.74, 6) is 0.419. The second-order valence-corrected chi connectivity index (χ2v) is 7.75. The summed E-state index contributed by atoms with van der Waals surface area (Å²) >= 11 is 0. The second-order valence-electron chi connectivity index (χ2n) is 7.75. The van der Waals surface area contributed by atoms with E-state index < -0.39 is 5.60 Å². The van der Waals surface area contributed by atoms with E-state index in [1.807, 2.05) is 48.5 Å². The van der Waals surface area contributed by atoms with Crippen molar-refractivity contribution in [3.05, 3.63) is 96.2 Å². The van der Waals surface area contributed by atoms with E-state index in [1.165, 1.54) is 11.1 Å². The lowest BCUT2D eigenvalue weighted by Gasteiger charge is -2.30. The highest BCUT2D eigenvalue weighted by Crippen LogP contribution is 2.25. The molecule has 2 unspecified atom stereocenters. The fourth-order valence-corrected chi connectivity index (χ4v) is 3.35. The van der Waals surface area contributed by atoms with Gasteiger partial charge in [-0.25, -0.2) is 4.98 Å². The SMILES string of the molecule is CC(NC(=O)C(C)(C)Oc1ccccn1)C(Cc1ccccc1)c1ccccc1. The Morgan fingerprint density at radius 3 is 2.21 bits per heavy atom. The summed E-state index contributed by atoms with van der Waals surface area (Å²) in [6.45, 7) is 5.58. The van der Waals surface area contributed by atoms with Gasteiger partial charge in [-0.3, -0.25) is 4.79 Å². The van der Waals surface area contributed by atoms with Crippen LogP contribution < -0.4 is 10.1 Å². The predicted octanol–water partition coefficient (Wildman–Crippen LogP) is 4.77. The van der Waals surface area contributed by atoms with E-state index in [4.69, 9.17) is 4.74 Å². The molecule has 29 heavy (non-hydrogen) atoms. The van der Waals surface area contributed by atoms with Gasteiger partial charge in [0.2, 0.25) is 5.88 Å². The Morgan fingerprint density at radius 2 is 1.59 bits per heavy atom. The third-order valence-electron chi connectivity index (χ3n) is 5.03. The van der Waals surface area contributed by atoms with Gasteiger partial charge in [0, 0.05) is 24.2 Å². The standard InChI is InChI=1S/C25H28N2O2/c1-19(27-24(28)25(2,3)29-23-16-10-11-17-26-23)22(21-14-8-5-9-15-21)18-20-12-6-4-7-13-20/h4-17,19,22H,18H2,1-3H3,(H,27,28). The van der Waals surface area contributed by atoms with Crippen molar-refractivity contribution in [2.45, 2.75) is 44.8 Å². The van der Waals surface area contributed by atoms with Gasteiger partial charge in [-0.1, -0.05) is 66.7 Å². The van der Waals surface area contributed by atoms with Crippen molar-refractivity contribution in [2.24, 2.45) is 0 Å². The van der Waals surface area contributed by atoms with Crippen LogP contribution in [0, 0.1) is 0 Å². The fourth-order valence-electron chi connectivity index (χ4n) is 3.35. The lowest BCUT2D eigenvalue weighted by atomic mass is 9.86. The van der Waals surface area contributed by atoms with Crippen molar-refractivity contribution in [3.8, 4) is 5.88 Å². The van der Waals surface area contributed by atoms with Crippen molar-refractivity contribution in [1.82, 2.24) is 10.3 Å². The maximum atomic E-state index is 13.0. The minimum Gasteiger partial charge on any atom is -0.462 e. The summed E-state index contributed by atoms with van der Waals surface area (Å²) in [5, 5.41) is 3.17. The molecule has 0 bridgehead atoms. The second kappa shape index (κ2) is 9.37. The van der Waals surface area contributed by atoms with E-state index in [-0.39, 0.29) is 17.9 Å². The van der Waals surface area contributed by atoms with Crippen molar-refractivity contribution in [1.29, 1.82) is 0 Å². The first kappa shape index (κ1) is 20.6.